The minimum absolute atomic E-state index is 0.270. The SMILES string of the molecule is CC(C)CN(c1ncc(C2(C(=O)NS(C)(=O)=O)CC2)cc1Nc1ccc(Cl)cn1)C1CCOCC1. The highest BCUT2D eigenvalue weighted by molar-refractivity contribution is 7.89. The molecule has 0 atom stereocenters. The van der Waals surface area contributed by atoms with Crippen LogP contribution in [0.1, 0.15) is 45.1 Å². The zero-order valence-electron chi connectivity index (χ0n) is 20.3. The lowest BCUT2D eigenvalue weighted by atomic mass is 9.96. The molecule has 11 heteroatoms. The molecule has 1 saturated heterocycles. The van der Waals surface area contributed by atoms with Gasteiger partial charge in [0, 0.05) is 38.2 Å². The molecule has 1 aliphatic carbocycles. The third-order valence-corrected chi connectivity index (χ3v) is 7.12. The molecule has 0 spiro atoms. The molecular formula is C24H32ClN5O4S. The van der Waals surface area contributed by atoms with Gasteiger partial charge in [-0.2, -0.15) is 0 Å². The van der Waals surface area contributed by atoms with E-state index in [4.69, 9.17) is 21.3 Å². The van der Waals surface area contributed by atoms with Crippen LogP contribution in [0.4, 0.5) is 17.3 Å². The molecule has 35 heavy (non-hydrogen) atoms. The lowest BCUT2D eigenvalue weighted by Gasteiger charge is -2.37. The Bertz CT molecular complexity index is 1160. The number of nitrogens with one attached hydrogen (secondary N) is 2. The molecule has 2 fully saturated rings. The maximum atomic E-state index is 12.9. The highest BCUT2D eigenvalue weighted by atomic mass is 35.5. The van der Waals surface area contributed by atoms with Gasteiger partial charge in [-0.3, -0.25) is 9.52 Å². The topological polar surface area (TPSA) is 114 Å². The Labute approximate surface area is 211 Å². The lowest BCUT2D eigenvalue weighted by molar-refractivity contribution is -0.121. The van der Waals surface area contributed by atoms with Crippen molar-refractivity contribution in [2.24, 2.45) is 5.92 Å². The van der Waals surface area contributed by atoms with Crippen LogP contribution in [0.25, 0.3) is 0 Å². The molecule has 190 valence electrons. The zero-order valence-corrected chi connectivity index (χ0v) is 21.8. The fourth-order valence-electron chi connectivity index (χ4n) is 4.46. The van der Waals surface area contributed by atoms with Crippen LogP contribution < -0.4 is 14.9 Å². The third kappa shape index (κ3) is 6.23. The molecule has 2 aromatic rings. The third-order valence-electron chi connectivity index (χ3n) is 6.34. The Morgan fingerprint density at radius 3 is 2.51 bits per heavy atom. The van der Waals surface area contributed by atoms with Crippen LogP contribution in [-0.2, 0) is 25.0 Å². The number of ether oxygens (including phenoxy) is 1. The first-order valence-corrected chi connectivity index (χ1v) is 14.1. The van der Waals surface area contributed by atoms with Crippen molar-refractivity contribution in [3.63, 3.8) is 0 Å². The molecule has 0 aromatic carbocycles. The summed E-state index contributed by atoms with van der Waals surface area (Å²) in [5.74, 6) is 1.24. The van der Waals surface area contributed by atoms with Gasteiger partial charge in [0.25, 0.3) is 0 Å². The molecule has 1 saturated carbocycles. The summed E-state index contributed by atoms with van der Waals surface area (Å²) in [5, 5.41) is 3.89. The summed E-state index contributed by atoms with van der Waals surface area (Å²) >= 11 is 6.02. The number of amides is 1. The molecule has 0 bridgehead atoms. The average molecular weight is 522 g/mol. The number of pyridine rings is 2. The summed E-state index contributed by atoms with van der Waals surface area (Å²) in [7, 11) is -3.67. The monoisotopic (exact) mass is 521 g/mol. The zero-order chi connectivity index (χ0) is 25.2. The molecular weight excluding hydrogens is 490 g/mol. The second kappa shape index (κ2) is 10.3. The van der Waals surface area contributed by atoms with Crippen molar-refractivity contribution in [1.29, 1.82) is 0 Å². The summed E-state index contributed by atoms with van der Waals surface area (Å²) in [4.78, 5) is 24.4. The van der Waals surface area contributed by atoms with Crippen molar-refractivity contribution in [3.05, 3.63) is 41.2 Å². The standard InChI is InChI=1S/C24H32ClN5O4S/c1-16(2)15-30(19-6-10-34-11-7-19)22-20(28-21-5-4-18(25)14-26-21)12-17(13-27-22)24(8-9-24)23(31)29-35(3,32)33/h4-5,12-14,16,19H,6-11,15H2,1-3H3,(H,26,28)(H,29,31). The quantitative estimate of drug-likeness (QED) is 0.514. The van der Waals surface area contributed by atoms with Gasteiger partial charge in [-0.05, 0) is 55.4 Å². The second-order valence-electron chi connectivity index (χ2n) is 9.76. The van der Waals surface area contributed by atoms with E-state index in [1.165, 1.54) is 0 Å². The van der Waals surface area contributed by atoms with Gasteiger partial charge >= 0.3 is 0 Å². The van der Waals surface area contributed by atoms with Crippen LogP contribution in [0.5, 0.6) is 0 Å². The van der Waals surface area contributed by atoms with Crippen molar-refractivity contribution in [1.82, 2.24) is 14.7 Å². The molecule has 9 nitrogen and oxygen atoms in total. The number of anilines is 3. The largest absolute Gasteiger partial charge is 0.381 e. The Morgan fingerprint density at radius 1 is 1.23 bits per heavy atom. The first-order chi connectivity index (χ1) is 16.6. The van der Waals surface area contributed by atoms with E-state index in [1.54, 1.807) is 24.5 Å². The Kier molecular flexibility index (Phi) is 7.54. The van der Waals surface area contributed by atoms with E-state index >= 15 is 0 Å². The van der Waals surface area contributed by atoms with E-state index in [-0.39, 0.29) is 6.04 Å². The van der Waals surface area contributed by atoms with Crippen LogP contribution in [0, 0.1) is 5.92 Å². The lowest BCUT2D eigenvalue weighted by Crippen LogP contribution is -2.42. The predicted octanol–water partition coefficient (Wildman–Crippen LogP) is 3.62. The minimum atomic E-state index is -3.67. The van der Waals surface area contributed by atoms with Crippen molar-refractivity contribution >= 4 is 44.9 Å². The van der Waals surface area contributed by atoms with Gasteiger partial charge in [-0.15, -0.1) is 0 Å². The smallest absolute Gasteiger partial charge is 0.244 e. The van der Waals surface area contributed by atoms with Gasteiger partial charge in [-0.1, -0.05) is 25.4 Å². The van der Waals surface area contributed by atoms with Gasteiger partial charge in [0.15, 0.2) is 5.82 Å². The Morgan fingerprint density at radius 2 is 1.94 bits per heavy atom. The minimum Gasteiger partial charge on any atom is -0.381 e. The van der Waals surface area contributed by atoms with Crippen LogP contribution in [0.15, 0.2) is 30.6 Å². The van der Waals surface area contributed by atoms with E-state index in [1.807, 2.05) is 6.07 Å². The molecule has 0 radical (unpaired) electrons. The molecule has 3 heterocycles. The number of halogens is 1. The molecule has 1 amide bonds. The highest BCUT2D eigenvalue weighted by Gasteiger charge is 2.52. The Hall–Kier alpha value is -2.43. The van der Waals surface area contributed by atoms with E-state index in [9.17, 15) is 13.2 Å². The van der Waals surface area contributed by atoms with Crippen LogP contribution in [0.2, 0.25) is 5.02 Å². The fraction of sp³-hybridized carbons (Fsp3) is 0.542. The normalized spacial score (nSPS) is 17.7. The molecule has 2 aromatic heterocycles. The van der Waals surface area contributed by atoms with Crippen molar-refractivity contribution in [2.75, 3.05) is 36.2 Å². The number of rotatable bonds is 9. The molecule has 4 rings (SSSR count). The van der Waals surface area contributed by atoms with Gasteiger partial charge in [0.2, 0.25) is 15.9 Å². The van der Waals surface area contributed by atoms with E-state index in [0.717, 1.165) is 31.5 Å². The first kappa shape index (κ1) is 25.7. The van der Waals surface area contributed by atoms with Crippen molar-refractivity contribution in [2.45, 2.75) is 51.0 Å². The number of sulfonamides is 1. The van der Waals surface area contributed by atoms with E-state index < -0.39 is 21.3 Å². The fourth-order valence-corrected chi connectivity index (χ4v) is 5.11. The number of hydrogen-bond acceptors (Lipinski definition) is 8. The van der Waals surface area contributed by atoms with Crippen LogP contribution >= 0.6 is 11.6 Å². The van der Waals surface area contributed by atoms with Gasteiger partial charge in [0.1, 0.15) is 5.82 Å². The van der Waals surface area contributed by atoms with E-state index in [2.05, 4.69) is 33.8 Å². The molecule has 1 aliphatic heterocycles. The summed E-state index contributed by atoms with van der Waals surface area (Å²) in [6, 6.07) is 5.70. The number of carbonyl (C=O) groups excluding carboxylic acids is 1. The first-order valence-electron chi connectivity index (χ1n) is 11.8. The molecule has 2 aliphatic rings. The average Bonchev–Trinajstić information content (AvgIpc) is 3.61. The van der Waals surface area contributed by atoms with Crippen LogP contribution in [-0.4, -0.2) is 56.3 Å². The number of aromatic nitrogens is 2. The summed E-state index contributed by atoms with van der Waals surface area (Å²) in [5.41, 5.74) is 0.484. The molecule has 0 unspecified atom stereocenters. The summed E-state index contributed by atoms with van der Waals surface area (Å²) in [6.07, 6.45) is 7.17. The maximum absolute atomic E-state index is 12.9. The number of nitrogens with zero attached hydrogens (tertiary/aromatic N) is 3. The van der Waals surface area contributed by atoms with Gasteiger partial charge < -0.3 is 15.0 Å². The number of carbonyl (C=O) groups is 1. The van der Waals surface area contributed by atoms with Crippen molar-refractivity contribution in [3.8, 4) is 0 Å². The highest BCUT2D eigenvalue weighted by Crippen LogP contribution is 2.49. The van der Waals surface area contributed by atoms with Crippen molar-refractivity contribution < 1.29 is 17.9 Å². The predicted molar refractivity (Wildman–Crippen MR) is 137 cm³/mol. The summed E-state index contributed by atoms with van der Waals surface area (Å²) in [6.45, 7) is 6.55. The maximum Gasteiger partial charge on any atom is 0.244 e. The summed E-state index contributed by atoms with van der Waals surface area (Å²) < 4.78 is 31.1. The van der Waals surface area contributed by atoms with Crippen LogP contribution in [0.3, 0.4) is 0 Å². The second-order valence-corrected chi connectivity index (χ2v) is 11.9. The van der Waals surface area contributed by atoms with E-state index in [0.29, 0.717) is 54.1 Å². The van der Waals surface area contributed by atoms with Gasteiger partial charge in [0.05, 0.1) is 22.4 Å². The van der Waals surface area contributed by atoms with Gasteiger partial charge in [-0.25, -0.2) is 18.4 Å². The molecule has 2 N–H and O–H groups in total. The number of hydrogen-bond donors (Lipinski definition) is 2. The Balaban J connectivity index is 1.75.